The monoisotopic (exact) mass is 128 g/mol. The number of carbonyl (C=O) groups excluding carboxylic acids is 1. The summed E-state index contributed by atoms with van der Waals surface area (Å²) in [6, 6.07) is 0.384. The van der Waals surface area contributed by atoms with Gasteiger partial charge < -0.3 is 10.6 Å². The molecule has 1 fully saturated rings. The molecule has 3 nitrogen and oxygen atoms in total. The van der Waals surface area contributed by atoms with Crippen molar-refractivity contribution in [2.45, 2.75) is 25.4 Å². The molecule has 0 aromatic heterocycles. The van der Waals surface area contributed by atoms with E-state index in [1.165, 1.54) is 0 Å². The van der Waals surface area contributed by atoms with E-state index in [9.17, 15) is 4.79 Å². The quantitative estimate of drug-likeness (QED) is 0.499. The van der Waals surface area contributed by atoms with Crippen LogP contribution in [0, 0.1) is 0 Å². The maximum Gasteiger partial charge on any atom is 0.237 e. The Morgan fingerprint density at radius 2 is 2.44 bits per heavy atom. The Labute approximate surface area is 54.8 Å². The van der Waals surface area contributed by atoms with Gasteiger partial charge in [0.1, 0.15) is 0 Å². The Morgan fingerprint density at radius 3 is 2.67 bits per heavy atom. The molecule has 0 radical (unpaired) electrons. The van der Waals surface area contributed by atoms with E-state index < -0.39 is 0 Å². The van der Waals surface area contributed by atoms with Gasteiger partial charge in [0, 0.05) is 6.04 Å². The second kappa shape index (κ2) is 2.35. The molecule has 1 aliphatic rings. The van der Waals surface area contributed by atoms with Gasteiger partial charge in [-0.3, -0.25) is 4.79 Å². The van der Waals surface area contributed by atoms with Gasteiger partial charge in [0.05, 0.1) is 6.04 Å². The van der Waals surface area contributed by atoms with Crippen molar-refractivity contribution in [3.63, 3.8) is 0 Å². The number of likely N-dealkylation sites (N-methyl/N-ethyl adjacent to an activating group) is 1. The lowest BCUT2D eigenvalue weighted by atomic mass is 10.2. The molecule has 1 aliphatic heterocycles. The van der Waals surface area contributed by atoms with Crippen LogP contribution in [0.1, 0.15) is 13.3 Å². The molecule has 0 aromatic carbocycles. The summed E-state index contributed by atoms with van der Waals surface area (Å²) < 4.78 is 0. The van der Waals surface area contributed by atoms with Crippen LogP contribution in [0.2, 0.25) is 0 Å². The maximum absolute atomic E-state index is 10.8. The zero-order valence-electron chi connectivity index (χ0n) is 5.77. The van der Waals surface area contributed by atoms with E-state index in [1.807, 2.05) is 14.0 Å². The van der Waals surface area contributed by atoms with Crippen LogP contribution in [-0.4, -0.2) is 25.0 Å². The Morgan fingerprint density at radius 1 is 1.78 bits per heavy atom. The van der Waals surface area contributed by atoms with Crippen molar-refractivity contribution in [3.8, 4) is 0 Å². The van der Waals surface area contributed by atoms with E-state index >= 15 is 0 Å². The lowest BCUT2D eigenvalue weighted by molar-refractivity contribution is -0.120. The Kier molecular flexibility index (Phi) is 1.71. The molecular formula is C6H12N2O. The molecule has 1 heterocycles. The highest BCUT2D eigenvalue weighted by Gasteiger charge is 2.26. The van der Waals surface area contributed by atoms with Gasteiger partial charge in [-0.15, -0.1) is 0 Å². The summed E-state index contributed by atoms with van der Waals surface area (Å²) in [6.07, 6.45) is 0.912. The minimum absolute atomic E-state index is 0.0417. The van der Waals surface area contributed by atoms with E-state index in [4.69, 9.17) is 0 Å². The SMILES string of the molecule is CNC1CC(C)NC1=O. The zero-order valence-corrected chi connectivity index (χ0v) is 5.77. The number of carbonyl (C=O) groups is 1. The average Bonchev–Trinajstić information content (AvgIpc) is 2.10. The van der Waals surface area contributed by atoms with E-state index in [0.29, 0.717) is 6.04 Å². The maximum atomic E-state index is 10.8. The molecule has 9 heavy (non-hydrogen) atoms. The highest BCUT2D eigenvalue weighted by atomic mass is 16.2. The number of hydrogen-bond donors (Lipinski definition) is 2. The fourth-order valence-electron chi connectivity index (χ4n) is 1.11. The minimum atomic E-state index is 0.0417. The van der Waals surface area contributed by atoms with Crippen molar-refractivity contribution in [1.29, 1.82) is 0 Å². The van der Waals surface area contributed by atoms with Crippen LogP contribution in [-0.2, 0) is 4.79 Å². The summed E-state index contributed by atoms with van der Waals surface area (Å²) in [5, 5.41) is 5.75. The molecule has 1 rings (SSSR count). The molecule has 0 bridgehead atoms. The van der Waals surface area contributed by atoms with Gasteiger partial charge in [-0.2, -0.15) is 0 Å². The number of nitrogens with one attached hydrogen (secondary N) is 2. The molecule has 0 aromatic rings. The van der Waals surface area contributed by atoms with Crippen molar-refractivity contribution < 1.29 is 4.79 Å². The molecule has 52 valence electrons. The molecule has 2 atom stereocenters. The molecule has 1 saturated heterocycles. The third-order valence-electron chi connectivity index (χ3n) is 1.64. The second-order valence-electron chi connectivity index (χ2n) is 2.49. The fourth-order valence-corrected chi connectivity index (χ4v) is 1.11. The van der Waals surface area contributed by atoms with Crippen molar-refractivity contribution in [1.82, 2.24) is 10.6 Å². The normalized spacial score (nSPS) is 34.7. The summed E-state index contributed by atoms with van der Waals surface area (Å²) in [7, 11) is 1.81. The van der Waals surface area contributed by atoms with Gasteiger partial charge in [-0.1, -0.05) is 0 Å². The van der Waals surface area contributed by atoms with E-state index in [1.54, 1.807) is 0 Å². The fraction of sp³-hybridized carbons (Fsp3) is 0.833. The average molecular weight is 128 g/mol. The van der Waals surface area contributed by atoms with Gasteiger partial charge >= 0.3 is 0 Å². The first-order valence-corrected chi connectivity index (χ1v) is 3.21. The lowest BCUT2D eigenvalue weighted by Gasteiger charge is -2.01. The molecule has 0 saturated carbocycles. The first-order chi connectivity index (χ1) is 4.24. The summed E-state index contributed by atoms with van der Waals surface area (Å²) in [4.78, 5) is 10.8. The lowest BCUT2D eigenvalue weighted by Crippen LogP contribution is -2.33. The molecule has 1 amide bonds. The molecular weight excluding hydrogens is 116 g/mol. The number of rotatable bonds is 1. The third-order valence-corrected chi connectivity index (χ3v) is 1.64. The topological polar surface area (TPSA) is 41.1 Å². The summed E-state index contributed by atoms with van der Waals surface area (Å²) in [5.74, 6) is 0.130. The Hall–Kier alpha value is -0.570. The largest absolute Gasteiger partial charge is 0.352 e. The van der Waals surface area contributed by atoms with Crippen LogP contribution in [0.25, 0.3) is 0 Å². The minimum Gasteiger partial charge on any atom is -0.352 e. The van der Waals surface area contributed by atoms with Crippen molar-refractivity contribution in [2.24, 2.45) is 0 Å². The van der Waals surface area contributed by atoms with Crippen molar-refractivity contribution in [2.75, 3.05) is 7.05 Å². The van der Waals surface area contributed by atoms with Crippen LogP contribution in [0.4, 0.5) is 0 Å². The zero-order chi connectivity index (χ0) is 6.85. The Balaban J connectivity index is 2.48. The van der Waals surface area contributed by atoms with Gasteiger partial charge in [0.15, 0.2) is 0 Å². The first kappa shape index (κ1) is 6.55. The van der Waals surface area contributed by atoms with Gasteiger partial charge in [-0.05, 0) is 20.4 Å². The van der Waals surface area contributed by atoms with Crippen molar-refractivity contribution in [3.05, 3.63) is 0 Å². The highest BCUT2D eigenvalue weighted by Crippen LogP contribution is 2.05. The van der Waals surface area contributed by atoms with E-state index in [0.717, 1.165) is 6.42 Å². The predicted octanol–water partition coefficient (Wildman–Crippen LogP) is -0.517. The molecule has 0 aliphatic carbocycles. The van der Waals surface area contributed by atoms with Gasteiger partial charge in [-0.25, -0.2) is 0 Å². The smallest absolute Gasteiger partial charge is 0.237 e. The molecule has 3 heteroatoms. The van der Waals surface area contributed by atoms with Gasteiger partial charge in [0.2, 0.25) is 5.91 Å². The Bertz CT molecular complexity index is 124. The van der Waals surface area contributed by atoms with Crippen LogP contribution in [0.5, 0.6) is 0 Å². The molecule has 2 N–H and O–H groups in total. The number of hydrogen-bond acceptors (Lipinski definition) is 2. The third kappa shape index (κ3) is 1.21. The summed E-state index contributed by atoms with van der Waals surface area (Å²) >= 11 is 0. The molecule has 0 spiro atoms. The standard InChI is InChI=1S/C6H12N2O/c1-4-3-5(7-2)6(9)8-4/h4-5,7H,3H2,1-2H3,(H,8,9). The van der Waals surface area contributed by atoms with Crippen LogP contribution in [0.3, 0.4) is 0 Å². The molecule has 2 unspecified atom stereocenters. The highest BCUT2D eigenvalue weighted by molar-refractivity contribution is 5.84. The predicted molar refractivity (Wildman–Crippen MR) is 35.1 cm³/mol. The van der Waals surface area contributed by atoms with Crippen LogP contribution in [0.15, 0.2) is 0 Å². The van der Waals surface area contributed by atoms with Crippen LogP contribution < -0.4 is 10.6 Å². The van der Waals surface area contributed by atoms with Crippen LogP contribution >= 0.6 is 0 Å². The summed E-state index contributed by atoms with van der Waals surface area (Å²) in [5.41, 5.74) is 0. The van der Waals surface area contributed by atoms with Gasteiger partial charge in [0.25, 0.3) is 0 Å². The second-order valence-corrected chi connectivity index (χ2v) is 2.49. The van der Waals surface area contributed by atoms with E-state index in [2.05, 4.69) is 10.6 Å². The van der Waals surface area contributed by atoms with E-state index in [-0.39, 0.29) is 11.9 Å². The van der Waals surface area contributed by atoms with Crippen molar-refractivity contribution >= 4 is 5.91 Å². The number of amides is 1. The summed E-state index contributed by atoms with van der Waals surface area (Å²) in [6.45, 7) is 2.01. The first-order valence-electron chi connectivity index (χ1n) is 3.21.